The summed E-state index contributed by atoms with van der Waals surface area (Å²) >= 11 is 0. The standard InChI is InChI=1S/C20H33NO4/c1-3-24-19(22)18(20(23)25-4-2)16-21-17-14-12-10-8-6-5-7-9-11-13-15-17/h14,16,21H,3-13,15H2,1-2H3/b17-14-. The molecule has 0 amide bonds. The van der Waals surface area contributed by atoms with E-state index in [2.05, 4.69) is 11.4 Å². The Kier molecular flexibility index (Phi) is 11.5. The molecule has 25 heavy (non-hydrogen) atoms. The van der Waals surface area contributed by atoms with Crippen LogP contribution in [0.15, 0.2) is 23.5 Å². The first kappa shape index (κ1) is 21.3. The molecule has 1 N–H and O–H groups in total. The topological polar surface area (TPSA) is 64.6 Å². The van der Waals surface area contributed by atoms with Gasteiger partial charge in [0, 0.05) is 11.9 Å². The fraction of sp³-hybridized carbons (Fsp3) is 0.700. The van der Waals surface area contributed by atoms with Crippen LogP contribution >= 0.6 is 0 Å². The number of carbonyl (C=O) groups excluding carboxylic acids is 2. The van der Waals surface area contributed by atoms with E-state index in [1.807, 2.05) is 0 Å². The number of ether oxygens (including phenoxy) is 2. The van der Waals surface area contributed by atoms with Crippen molar-refractivity contribution in [3.63, 3.8) is 0 Å². The van der Waals surface area contributed by atoms with E-state index in [9.17, 15) is 9.59 Å². The smallest absolute Gasteiger partial charge is 0.347 e. The van der Waals surface area contributed by atoms with Gasteiger partial charge in [0.15, 0.2) is 5.57 Å². The molecule has 0 bridgehead atoms. The van der Waals surface area contributed by atoms with Crippen LogP contribution in [0.1, 0.15) is 78.1 Å². The molecule has 1 rings (SSSR count). The lowest BCUT2D eigenvalue weighted by molar-refractivity contribution is -0.146. The second kappa shape index (κ2) is 13.5. The summed E-state index contributed by atoms with van der Waals surface area (Å²) < 4.78 is 9.91. The molecule has 5 heteroatoms. The van der Waals surface area contributed by atoms with Crippen LogP contribution in [0, 0.1) is 0 Å². The molecule has 0 heterocycles. The molecule has 1 aliphatic carbocycles. The van der Waals surface area contributed by atoms with E-state index in [1.165, 1.54) is 51.1 Å². The molecular weight excluding hydrogens is 318 g/mol. The number of rotatable bonds is 6. The van der Waals surface area contributed by atoms with Crippen molar-refractivity contribution in [2.24, 2.45) is 0 Å². The number of hydrogen-bond donors (Lipinski definition) is 1. The summed E-state index contributed by atoms with van der Waals surface area (Å²) in [6.07, 6.45) is 15.6. The van der Waals surface area contributed by atoms with Gasteiger partial charge in [0.1, 0.15) is 0 Å². The highest BCUT2D eigenvalue weighted by Gasteiger charge is 2.21. The molecular formula is C20H33NO4. The van der Waals surface area contributed by atoms with Gasteiger partial charge in [-0.05, 0) is 39.5 Å². The number of carbonyl (C=O) groups is 2. The van der Waals surface area contributed by atoms with Gasteiger partial charge in [-0.3, -0.25) is 0 Å². The predicted molar refractivity (Wildman–Crippen MR) is 98.7 cm³/mol. The van der Waals surface area contributed by atoms with Crippen LogP contribution in [-0.4, -0.2) is 25.2 Å². The third-order valence-corrected chi connectivity index (χ3v) is 4.18. The normalized spacial score (nSPS) is 18.6. The zero-order valence-electron chi connectivity index (χ0n) is 15.8. The molecule has 0 saturated carbocycles. The Labute approximate surface area is 151 Å². The monoisotopic (exact) mass is 351 g/mol. The van der Waals surface area contributed by atoms with E-state index >= 15 is 0 Å². The largest absolute Gasteiger partial charge is 0.462 e. The highest BCUT2D eigenvalue weighted by molar-refractivity contribution is 6.13. The zero-order valence-corrected chi connectivity index (χ0v) is 15.8. The van der Waals surface area contributed by atoms with Gasteiger partial charge in [-0.25, -0.2) is 9.59 Å². The molecule has 0 fully saturated rings. The second-order valence-corrected chi connectivity index (χ2v) is 6.24. The average molecular weight is 351 g/mol. The average Bonchev–Trinajstić information content (AvgIpc) is 2.57. The molecule has 0 spiro atoms. The Morgan fingerprint density at radius 2 is 1.44 bits per heavy atom. The molecule has 0 aliphatic heterocycles. The van der Waals surface area contributed by atoms with Crippen LogP contribution < -0.4 is 5.32 Å². The van der Waals surface area contributed by atoms with Crippen LogP contribution in [-0.2, 0) is 19.1 Å². The number of hydrogen-bond acceptors (Lipinski definition) is 5. The van der Waals surface area contributed by atoms with Crippen molar-refractivity contribution in [3.05, 3.63) is 23.5 Å². The third kappa shape index (κ3) is 9.32. The van der Waals surface area contributed by atoms with Crippen LogP contribution in [0.4, 0.5) is 0 Å². The highest BCUT2D eigenvalue weighted by Crippen LogP contribution is 2.16. The van der Waals surface area contributed by atoms with Crippen LogP contribution in [0.3, 0.4) is 0 Å². The summed E-state index contributed by atoms with van der Waals surface area (Å²) in [6, 6.07) is 0. The van der Waals surface area contributed by atoms with Gasteiger partial charge in [-0.2, -0.15) is 0 Å². The lowest BCUT2D eigenvalue weighted by Crippen LogP contribution is -2.21. The molecule has 0 saturated heterocycles. The maximum Gasteiger partial charge on any atom is 0.347 e. The van der Waals surface area contributed by atoms with Crippen molar-refractivity contribution < 1.29 is 19.1 Å². The zero-order chi connectivity index (χ0) is 18.3. The summed E-state index contributed by atoms with van der Waals surface area (Å²) in [6.45, 7) is 3.86. The summed E-state index contributed by atoms with van der Waals surface area (Å²) in [7, 11) is 0. The van der Waals surface area contributed by atoms with Crippen molar-refractivity contribution in [3.8, 4) is 0 Å². The van der Waals surface area contributed by atoms with Crippen molar-refractivity contribution in [2.75, 3.05) is 13.2 Å². The summed E-state index contributed by atoms with van der Waals surface area (Å²) in [5.74, 6) is -1.30. The minimum Gasteiger partial charge on any atom is -0.462 e. The molecule has 0 radical (unpaired) electrons. The molecule has 142 valence electrons. The Morgan fingerprint density at radius 3 is 2.00 bits per heavy atom. The highest BCUT2D eigenvalue weighted by atomic mass is 16.6. The minimum absolute atomic E-state index is 0.0873. The predicted octanol–water partition coefficient (Wildman–Crippen LogP) is 4.38. The van der Waals surface area contributed by atoms with Crippen LogP contribution in [0.2, 0.25) is 0 Å². The van der Waals surface area contributed by atoms with Gasteiger partial charge in [-0.1, -0.05) is 44.6 Å². The van der Waals surface area contributed by atoms with Crippen molar-refractivity contribution in [1.82, 2.24) is 5.32 Å². The van der Waals surface area contributed by atoms with E-state index in [4.69, 9.17) is 9.47 Å². The van der Waals surface area contributed by atoms with E-state index in [1.54, 1.807) is 13.8 Å². The van der Waals surface area contributed by atoms with Gasteiger partial charge in [-0.15, -0.1) is 0 Å². The maximum atomic E-state index is 12.0. The molecule has 0 aromatic carbocycles. The summed E-state index contributed by atoms with van der Waals surface area (Å²) in [4.78, 5) is 24.0. The fourth-order valence-electron chi connectivity index (χ4n) is 2.81. The third-order valence-electron chi connectivity index (χ3n) is 4.18. The Balaban J connectivity index is 2.76. The second-order valence-electron chi connectivity index (χ2n) is 6.24. The van der Waals surface area contributed by atoms with E-state index in [0.717, 1.165) is 25.0 Å². The number of esters is 2. The maximum absolute atomic E-state index is 12.0. The van der Waals surface area contributed by atoms with Crippen molar-refractivity contribution in [2.45, 2.75) is 78.1 Å². The Morgan fingerprint density at radius 1 is 0.920 bits per heavy atom. The first-order chi connectivity index (χ1) is 12.2. The Bertz CT molecular complexity index is 448. The van der Waals surface area contributed by atoms with Crippen LogP contribution in [0.5, 0.6) is 0 Å². The minimum atomic E-state index is -0.651. The molecule has 5 nitrogen and oxygen atoms in total. The first-order valence-electron chi connectivity index (χ1n) is 9.69. The molecule has 1 aliphatic rings. The van der Waals surface area contributed by atoms with Gasteiger partial charge in [0.25, 0.3) is 0 Å². The fourth-order valence-corrected chi connectivity index (χ4v) is 2.81. The molecule has 0 unspecified atom stereocenters. The van der Waals surface area contributed by atoms with E-state index < -0.39 is 11.9 Å². The first-order valence-corrected chi connectivity index (χ1v) is 9.69. The van der Waals surface area contributed by atoms with Gasteiger partial charge in [0.05, 0.1) is 13.2 Å². The van der Waals surface area contributed by atoms with Gasteiger partial charge >= 0.3 is 11.9 Å². The number of nitrogens with one attached hydrogen (secondary N) is 1. The molecule has 0 aromatic heterocycles. The van der Waals surface area contributed by atoms with E-state index in [0.29, 0.717) is 0 Å². The van der Waals surface area contributed by atoms with Gasteiger partial charge < -0.3 is 14.8 Å². The summed E-state index contributed by atoms with van der Waals surface area (Å²) in [5, 5.41) is 3.15. The van der Waals surface area contributed by atoms with E-state index in [-0.39, 0.29) is 18.8 Å². The van der Waals surface area contributed by atoms with Crippen LogP contribution in [0.25, 0.3) is 0 Å². The molecule has 0 atom stereocenters. The lowest BCUT2D eigenvalue weighted by Gasteiger charge is -2.12. The number of allylic oxidation sites excluding steroid dienone is 2. The van der Waals surface area contributed by atoms with Crippen molar-refractivity contribution >= 4 is 11.9 Å². The lowest BCUT2D eigenvalue weighted by atomic mass is 10.0. The van der Waals surface area contributed by atoms with Gasteiger partial charge in [0.2, 0.25) is 0 Å². The van der Waals surface area contributed by atoms with Crippen molar-refractivity contribution in [1.29, 1.82) is 0 Å². The summed E-state index contributed by atoms with van der Waals surface area (Å²) in [5.41, 5.74) is 0.974. The molecule has 0 aromatic rings. The quantitative estimate of drug-likeness (QED) is 0.333. The SMILES string of the molecule is CCOC(=O)C(=CN/C1=C\CCCCCCCCCC1)C(=O)OCC. The Hall–Kier alpha value is -1.78.